The Morgan fingerprint density at radius 2 is 1.94 bits per heavy atom. The molecule has 1 saturated carbocycles. The molecule has 2 N–H and O–H groups in total. The van der Waals surface area contributed by atoms with Crippen LogP contribution in [0.2, 0.25) is 0 Å². The first-order chi connectivity index (χ1) is 8.74. The van der Waals surface area contributed by atoms with Crippen molar-refractivity contribution >= 4 is 5.69 Å². The van der Waals surface area contributed by atoms with Crippen LogP contribution in [0.3, 0.4) is 0 Å². The number of nitrogens with one attached hydrogen (secondary N) is 1. The summed E-state index contributed by atoms with van der Waals surface area (Å²) in [6, 6.07) is 6.09. The van der Waals surface area contributed by atoms with Crippen molar-refractivity contribution in [3.05, 3.63) is 30.1 Å². The number of hydrogen-bond donors (Lipinski definition) is 2. The molecule has 1 aliphatic carbocycles. The second kappa shape index (κ2) is 6.71. The summed E-state index contributed by atoms with van der Waals surface area (Å²) in [5, 5.41) is 12.8. The topological polar surface area (TPSA) is 41.5 Å². The second-order valence-corrected chi connectivity index (χ2v) is 4.78. The number of ether oxygens (including phenoxy) is 1. The minimum Gasteiger partial charge on any atom is -0.389 e. The van der Waals surface area contributed by atoms with Gasteiger partial charge in [0, 0.05) is 12.2 Å². The zero-order chi connectivity index (χ0) is 12.8. The molecule has 4 heteroatoms. The Hall–Kier alpha value is -1.13. The molecule has 1 aromatic rings. The van der Waals surface area contributed by atoms with Gasteiger partial charge in [-0.3, -0.25) is 0 Å². The van der Waals surface area contributed by atoms with Crippen molar-refractivity contribution in [2.24, 2.45) is 0 Å². The van der Waals surface area contributed by atoms with Gasteiger partial charge in [0.25, 0.3) is 0 Å². The third kappa shape index (κ3) is 4.27. The van der Waals surface area contributed by atoms with E-state index in [1.165, 1.54) is 25.0 Å². The molecular weight excluding hydrogens is 233 g/mol. The fourth-order valence-electron chi connectivity index (χ4n) is 2.16. The number of aliphatic hydroxyl groups is 1. The first-order valence-corrected chi connectivity index (χ1v) is 6.53. The predicted molar refractivity (Wildman–Crippen MR) is 69.1 cm³/mol. The predicted octanol–water partition coefficient (Wildman–Crippen LogP) is 2.56. The molecule has 1 unspecified atom stereocenters. The van der Waals surface area contributed by atoms with Crippen molar-refractivity contribution in [1.29, 1.82) is 0 Å². The smallest absolute Gasteiger partial charge is 0.123 e. The van der Waals surface area contributed by atoms with Gasteiger partial charge in [-0.2, -0.15) is 0 Å². The Morgan fingerprint density at radius 1 is 1.28 bits per heavy atom. The number of aliphatic hydroxyl groups excluding tert-OH is 1. The lowest BCUT2D eigenvalue weighted by Gasteiger charge is -2.16. The van der Waals surface area contributed by atoms with Crippen LogP contribution in [-0.4, -0.2) is 30.5 Å². The molecule has 0 radical (unpaired) electrons. The van der Waals surface area contributed by atoms with Crippen LogP contribution in [0.25, 0.3) is 0 Å². The lowest BCUT2D eigenvalue weighted by atomic mass is 10.3. The van der Waals surface area contributed by atoms with Crippen molar-refractivity contribution in [2.45, 2.75) is 37.9 Å². The van der Waals surface area contributed by atoms with Crippen molar-refractivity contribution in [1.82, 2.24) is 0 Å². The van der Waals surface area contributed by atoms with E-state index in [1.54, 1.807) is 12.1 Å². The molecule has 2 rings (SSSR count). The van der Waals surface area contributed by atoms with Gasteiger partial charge < -0.3 is 15.2 Å². The molecule has 0 saturated heterocycles. The third-order valence-corrected chi connectivity index (χ3v) is 3.21. The monoisotopic (exact) mass is 253 g/mol. The van der Waals surface area contributed by atoms with E-state index in [1.807, 2.05) is 0 Å². The highest BCUT2D eigenvalue weighted by Crippen LogP contribution is 2.20. The Morgan fingerprint density at radius 3 is 2.61 bits per heavy atom. The fraction of sp³-hybridized carbons (Fsp3) is 0.571. The highest BCUT2D eigenvalue weighted by Gasteiger charge is 2.16. The largest absolute Gasteiger partial charge is 0.389 e. The van der Waals surface area contributed by atoms with Gasteiger partial charge in [-0.15, -0.1) is 0 Å². The van der Waals surface area contributed by atoms with Crippen LogP contribution in [0.15, 0.2) is 24.3 Å². The van der Waals surface area contributed by atoms with E-state index in [4.69, 9.17) is 4.74 Å². The summed E-state index contributed by atoms with van der Waals surface area (Å²) in [5.74, 6) is -0.259. The van der Waals surface area contributed by atoms with Gasteiger partial charge in [0.15, 0.2) is 0 Å². The van der Waals surface area contributed by atoms with Gasteiger partial charge in [-0.25, -0.2) is 4.39 Å². The summed E-state index contributed by atoms with van der Waals surface area (Å²) in [7, 11) is 0. The van der Waals surface area contributed by atoms with E-state index in [9.17, 15) is 9.50 Å². The molecule has 100 valence electrons. The zero-order valence-electron chi connectivity index (χ0n) is 10.4. The number of benzene rings is 1. The summed E-state index contributed by atoms with van der Waals surface area (Å²) in [6.45, 7) is 0.775. The SMILES string of the molecule is OC(CNc1ccc(F)cc1)COC1CCCC1. The van der Waals surface area contributed by atoms with E-state index in [2.05, 4.69) is 5.32 Å². The minimum absolute atomic E-state index is 0.259. The maximum Gasteiger partial charge on any atom is 0.123 e. The van der Waals surface area contributed by atoms with E-state index >= 15 is 0 Å². The van der Waals surface area contributed by atoms with E-state index in [0.29, 0.717) is 19.3 Å². The Labute approximate surface area is 107 Å². The average Bonchev–Trinajstić information content (AvgIpc) is 2.89. The number of anilines is 1. The minimum atomic E-state index is -0.532. The first kappa shape index (κ1) is 13.3. The van der Waals surface area contributed by atoms with Gasteiger partial charge in [0.2, 0.25) is 0 Å². The lowest BCUT2D eigenvalue weighted by molar-refractivity contribution is -0.00117. The fourth-order valence-corrected chi connectivity index (χ4v) is 2.16. The molecule has 0 spiro atoms. The Bertz CT molecular complexity index is 349. The molecular formula is C14H20FNO2. The molecule has 0 aliphatic heterocycles. The highest BCUT2D eigenvalue weighted by molar-refractivity contribution is 5.42. The summed E-state index contributed by atoms with van der Waals surface area (Å²) < 4.78 is 18.3. The second-order valence-electron chi connectivity index (χ2n) is 4.78. The summed E-state index contributed by atoms with van der Waals surface area (Å²) in [6.07, 6.45) is 4.47. The molecule has 1 fully saturated rings. The molecule has 0 amide bonds. The van der Waals surface area contributed by atoms with Crippen molar-refractivity contribution < 1.29 is 14.2 Å². The van der Waals surface area contributed by atoms with E-state index in [0.717, 1.165) is 18.5 Å². The normalized spacial score (nSPS) is 17.9. The van der Waals surface area contributed by atoms with Crippen LogP contribution in [0.4, 0.5) is 10.1 Å². The van der Waals surface area contributed by atoms with Gasteiger partial charge in [-0.1, -0.05) is 12.8 Å². The molecule has 1 aromatic carbocycles. The van der Waals surface area contributed by atoms with Crippen molar-refractivity contribution in [2.75, 3.05) is 18.5 Å². The van der Waals surface area contributed by atoms with Gasteiger partial charge >= 0.3 is 0 Å². The third-order valence-electron chi connectivity index (χ3n) is 3.21. The van der Waals surface area contributed by atoms with Crippen LogP contribution in [0.1, 0.15) is 25.7 Å². The van der Waals surface area contributed by atoms with Crippen LogP contribution in [-0.2, 0) is 4.74 Å². The number of hydrogen-bond acceptors (Lipinski definition) is 3. The van der Waals surface area contributed by atoms with Crippen LogP contribution >= 0.6 is 0 Å². The lowest BCUT2D eigenvalue weighted by Crippen LogP contribution is -2.27. The number of rotatable bonds is 6. The molecule has 0 aromatic heterocycles. The molecule has 1 atom stereocenters. The maximum atomic E-state index is 12.7. The van der Waals surface area contributed by atoms with Gasteiger partial charge in [-0.05, 0) is 37.1 Å². The Kier molecular flexibility index (Phi) is 4.96. The standard InChI is InChI=1S/C14H20FNO2/c15-11-5-7-12(8-6-11)16-9-13(17)10-18-14-3-1-2-4-14/h5-8,13-14,16-17H,1-4,9-10H2. The molecule has 0 heterocycles. The van der Waals surface area contributed by atoms with E-state index < -0.39 is 6.10 Å². The van der Waals surface area contributed by atoms with Crippen LogP contribution in [0.5, 0.6) is 0 Å². The van der Waals surface area contributed by atoms with E-state index in [-0.39, 0.29) is 5.82 Å². The summed E-state index contributed by atoms with van der Waals surface area (Å²) >= 11 is 0. The first-order valence-electron chi connectivity index (χ1n) is 6.53. The van der Waals surface area contributed by atoms with Crippen molar-refractivity contribution in [3.63, 3.8) is 0 Å². The van der Waals surface area contributed by atoms with Gasteiger partial charge in [0.1, 0.15) is 5.82 Å². The molecule has 1 aliphatic rings. The molecule has 18 heavy (non-hydrogen) atoms. The van der Waals surface area contributed by atoms with Crippen molar-refractivity contribution in [3.8, 4) is 0 Å². The maximum absolute atomic E-state index is 12.7. The summed E-state index contributed by atoms with van der Waals surface area (Å²) in [4.78, 5) is 0. The molecule has 0 bridgehead atoms. The highest BCUT2D eigenvalue weighted by atomic mass is 19.1. The quantitative estimate of drug-likeness (QED) is 0.818. The zero-order valence-corrected chi connectivity index (χ0v) is 10.4. The average molecular weight is 253 g/mol. The Balaban J connectivity index is 1.64. The number of halogens is 1. The van der Waals surface area contributed by atoms with Crippen LogP contribution < -0.4 is 5.32 Å². The van der Waals surface area contributed by atoms with Gasteiger partial charge in [0.05, 0.1) is 18.8 Å². The van der Waals surface area contributed by atoms with Crippen LogP contribution in [0, 0.1) is 5.82 Å². The molecule has 3 nitrogen and oxygen atoms in total. The summed E-state index contributed by atoms with van der Waals surface area (Å²) in [5.41, 5.74) is 0.802.